The van der Waals surface area contributed by atoms with Crippen LogP contribution in [0.5, 0.6) is 0 Å². The molecule has 0 amide bonds. The van der Waals surface area contributed by atoms with Gasteiger partial charge in [-0.2, -0.15) is 0 Å². The zero-order valence-corrected chi connectivity index (χ0v) is 8.33. The maximum absolute atomic E-state index is 13.5. The molecule has 0 aliphatic carbocycles. The number of hydrogen-bond donors (Lipinski definition) is 2. The van der Waals surface area contributed by atoms with Gasteiger partial charge in [0.2, 0.25) is 0 Å². The van der Waals surface area contributed by atoms with Gasteiger partial charge in [-0.15, -0.1) is 0 Å². The third-order valence-electron chi connectivity index (χ3n) is 2.67. The molecule has 15 heavy (non-hydrogen) atoms. The molecule has 2 N–H and O–H groups in total. The highest BCUT2D eigenvalue weighted by molar-refractivity contribution is 5.76. The molecule has 1 aliphatic heterocycles. The van der Waals surface area contributed by atoms with Crippen LogP contribution in [0.2, 0.25) is 0 Å². The topological polar surface area (TPSA) is 49.3 Å². The molecule has 1 heterocycles. The Hall–Kier alpha value is -1.42. The lowest BCUT2D eigenvalue weighted by Crippen LogP contribution is -2.41. The normalized spacial score (nSPS) is 24.7. The molecule has 0 fully saturated rings. The van der Waals surface area contributed by atoms with Crippen LogP contribution in [-0.4, -0.2) is 17.1 Å². The summed E-state index contributed by atoms with van der Waals surface area (Å²) < 4.78 is 13.5. The van der Waals surface area contributed by atoms with E-state index in [4.69, 9.17) is 5.11 Å². The van der Waals surface area contributed by atoms with E-state index in [9.17, 15) is 9.18 Å². The second-order valence-corrected chi connectivity index (χ2v) is 3.85. The molecule has 1 aliphatic rings. The summed E-state index contributed by atoms with van der Waals surface area (Å²) in [4.78, 5) is 11.0. The van der Waals surface area contributed by atoms with Gasteiger partial charge in [0.15, 0.2) is 0 Å². The molecular formula is C11H12FNO2. The second-order valence-electron chi connectivity index (χ2n) is 3.85. The predicted octanol–water partition coefficient (Wildman–Crippen LogP) is 1.49. The van der Waals surface area contributed by atoms with Crippen molar-refractivity contribution in [3.8, 4) is 0 Å². The van der Waals surface area contributed by atoms with E-state index in [1.807, 2.05) is 6.92 Å². The Morgan fingerprint density at radius 2 is 2.33 bits per heavy atom. The van der Waals surface area contributed by atoms with Crippen LogP contribution in [0.4, 0.5) is 4.39 Å². The van der Waals surface area contributed by atoms with Crippen LogP contribution in [0.3, 0.4) is 0 Å². The summed E-state index contributed by atoms with van der Waals surface area (Å²) in [5.41, 5.74) is 1.07. The van der Waals surface area contributed by atoms with Crippen LogP contribution in [0.15, 0.2) is 18.2 Å². The summed E-state index contributed by atoms with van der Waals surface area (Å²) in [5, 5.41) is 11.9. The number of aliphatic carboxylic acids is 1. The van der Waals surface area contributed by atoms with E-state index >= 15 is 0 Å². The van der Waals surface area contributed by atoms with E-state index in [0.29, 0.717) is 17.5 Å². The molecule has 1 aromatic carbocycles. The van der Waals surface area contributed by atoms with Crippen molar-refractivity contribution in [2.45, 2.75) is 25.4 Å². The highest BCUT2D eigenvalue weighted by Gasteiger charge is 2.30. The first-order chi connectivity index (χ1) is 7.09. The Morgan fingerprint density at radius 1 is 1.60 bits per heavy atom. The van der Waals surface area contributed by atoms with Crippen LogP contribution in [0.1, 0.15) is 24.1 Å². The van der Waals surface area contributed by atoms with Gasteiger partial charge in [-0.1, -0.05) is 12.1 Å². The van der Waals surface area contributed by atoms with E-state index in [0.717, 1.165) is 0 Å². The number of carboxylic acid groups (broad SMARTS) is 1. The van der Waals surface area contributed by atoms with Gasteiger partial charge in [-0.25, -0.2) is 4.39 Å². The van der Waals surface area contributed by atoms with Crippen LogP contribution in [-0.2, 0) is 11.2 Å². The largest absolute Gasteiger partial charge is 0.480 e. The van der Waals surface area contributed by atoms with Crippen LogP contribution in [0, 0.1) is 5.82 Å². The second kappa shape index (κ2) is 3.62. The van der Waals surface area contributed by atoms with Gasteiger partial charge in [0.25, 0.3) is 0 Å². The summed E-state index contributed by atoms with van der Waals surface area (Å²) >= 11 is 0. The Bertz CT molecular complexity index is 406. The molecule has 2 atom stereocenters. The van der Waals surface area contributed by atoms with Crippen molar-refractivity contribution in [3.05, 3.63) is 35.1 Å². The standard InChI is InChI=1S/C11H12FNO2/c1-6-5-8-7(3-2-4-9(8)12)10(13-6)11(14)15/h2-4,6,10,13H,5H2,1H3,(H,14,15). The van der Waals surface area contributed by atoms with Gasteiger partial charge in [0.05, 0.1) is 0 Å². The van der Waals surface area contributed by atoms with Crippen molar-refractivity contribution in [2.75, 3.05) is 0 Å². The molecule has 80 valence electrons. The lowest BCUT2D eigenvalue weighted by molar-refractivity contribution is -0.140. The first-order valence-corrected chi connectivity index (χ1v) is 4.85. The van der Waals surface area contributed by atoms with E-state index in [1.165, 1.54) is 6.07 Å². The van der Waals surface area contributed by atoms with E-state index < -0.39 is 12.0 Å². The zero-order chi connectivity index (χ0) is 11.0. The Kier molecular flexibility index (Phi) is 2.44. The first kappa shape index (κ1) is 10.1. The summed E-state index contributed by atoms with van der Waals surface area (Å²) in [6.45, 7) is 1.85. The van der Waals surface area contributed by atoms with Crippen molar-refractivity contribution in [2.24, 2.45) is 0 Å². The number of fused-ring (bicyclic) bond motifs is 1. The Morgan fingerprint density at radius 3 is 3.00 bits per heavy atom. The fraction of sp³-hybridized carbons (Fsp3) is 0.364. The third-order valence-corrected chi connectivity index (χ3v) is 2.67. The average Bonchev–Trinajstić information content (AvgIpc) is 2.18. The molecule has 3 nitrogen and oxygen atoms in total. The minimum Gasteiger partial charge on any atom is -0.480 e. The van der Waals surface area contributed by atoms with E-state index in [1.54, 1.807) is 12.1 Å². The monoisotopic (exact) mass is 209 g/mol. The maximum atomic E-state index is 13.5. The predicted molar refractivity (Wildman–Crippen MR) is 53.1 cm³/mol. The van der Waals surface area contributed by atoms with Crippen LogP contribution >= 0.6 is 0 Å². The highest BCUT2D eigenvalue weighted by Crippen LogP contribution is 2.27. The van der Waals surface area contributed by atoms with Gasteiger partial charge < -0.3 is 5.11 Å². The van der Waals surface area contributed by atoms with E-state index in [2.05, 4.69) is 5.32 Å². The molecule has 0 spiro atoms. The number of hydrogen-bond acceptors (Lipinski definition) is 2. The molecule has 0 saturated heterocycles. The fourth-order valence-corrected chi connectivity index (χ4v) is 2.00. The maximum Gasteiger partial charge on any atom is 0.325 e. The lowest BCUT2D eigenvalue weighted by Gasteiger charge is -2.28. The quantitative estimate of drug-likeness (QED) is 0.736. The van der Waals surface area contributed by atoms with Gasteiger partial charge in [-0.05, 0) is 30.5 Å². The first-order valence-electron chi connectivity index (χ1n) is 4.85. The Labute approximate surface area is 86.9 Å². The summed E-state index contributed by atoms with van der Waals surface area (Å²) in [6, 6.07) is 3.77. The summed E-state index contributed by atoms with van der Waals surface area (Å²) in [6.07, 6.45) is 0.534. The minimum atomic E-state index is -0.964. The third kappa shape index (κ3) is 1.72. The lowest BCUT2D eigenvalue weighted by atomic mass is 9.90. The number of nitrogens with one attached hydrogen (secondary N) is 1. The van der Waals surface area contributed by atoms with Crippen LogP contribution < -0.4 is 5.32 Å². The van der Waals surface area contributed by atoms with Crippen molar-refractivity contribution >= 4 is 5.97 Å². The van der Waals surface area contributed by atoms with Crippen molar-refractivity contribution < 1.29 is 14.3 Å². The number of carbonyl (C=O) groups is 1. The summed E-state index contributed by atoms with van der Waals surface area (Å²) in [7, 11) is 0. The molecule has 2 rings (SSSR count). The van der Waals surface area contributed by atoms with Crippen molar-refractivity contribution in [3.63, 3.8) is 0 Å². The number of benzene rings is 1. The molecular weight excluding hydrogens is 197 g/mol. The molecule has 0 bridgehead atoms. The fourth-order valence-electron chi connectivity index (χ4n) is 2.00. The van der Waals surface area contributed by atoms with Gasteiger partial charge >= 0.3 is 5.97 Å². The van der Waals surface area contributed by atoms with Crippen LogP contribution in [0.25, 0.3) is 0 Å². The molecule has 1 aromatic rings. The van der Waals surface area contributed by atoms with E-state index in [-0.39, 0.29) is 11.9 Å². The van der Waals surface area contributed by atoms with Gasteiger partial charge in [-0.3, -0.25) is 10.1 Å². The Balaban J connectivity index is 2.51. The molecule has 0 radical (unpaired) electrons. The zero-order valence-electron chi connectivity index (χ0n) is 8.33. The molecule has 0 aromatic heterocycles. The SMILES string of the molecule is CC1Cc2c(F)cccc2C(C(=O)O)N1. The number of carboxylic acids is 1. The smallest absolute Gasteiger partial charge is 0.325 e. The molecule has 4 heteroatoms. The summed E-state index contributed by atoms with van der Waals surface area (Å²) in [5.74, 6) is -1.28. The molecule has 0 saturated carbocycles. The number of rotatable bonds is 1. The van der Waals surface area contributed by atoms with Gasteiger partial charge in [0, 0.05) is 6.04 Å². The minimum absolute atomic E-state index is 0.0181. The number of halogens is 1. The highest BCUT2D eigenvalue weighted by atomic mass is 19.1. The average molecular weight is 209 g/mol. The van der Waals surface area contributed by atoms with Crippen molar-refractivity contribution in [1.29, 1.82) is 0 Å². The van der Waals surface area contributed by atoms with Gasteiger partial charge in [0.1, 0.15) is 11.9 Å². The van der Waals surface area contributed by atoms with Crippen molar-refractivity contribution in [1.82, 2.24) is 5.32 Å². The molecule has 2 unspecified atom stereocenters.